The van der Waals surface area contributed by atoms with Crippen molar-refractivity contribution in [3.05, 3.63) is 42.2 Å². The normalized spacial score (nSPS) is 15.2. The molecule has 0 aliphatic carbocycles. The van der Waals surface area contributed by atoms with Gasteiger partial charge in [0.05, 0.1) is 22.6 Å². The number of H-pyrrole nitrogens is 1. The van der Waals surface area contributed by atoms with Crippen molar-refractivity contribution in [2.75, 3.05) is 29.9 Å². The number of aromatic hydroxyl groups is 1. The first-order chi connectivity index (χ1) is 14.6. The van der Waals surface area contributed by atoms with Gasteiger partial charge < -0.3 is 20.4 Å². The number of phenolic OH excluding ortho intramolecular Hbond substituents is 1. The van der Waals surface area contributed by atoms with Crippen molar-refractivity contribution in [1.29, 1.82) is 0 Å². The second kappa shape index (κ2) is 7.46. The minimum Gasteiger partial charge on any atom is -0.507 e. The predicted molar refractivity (Wildman–Crippen MR) is 117 cm³/mol. The number of aryl methyl sites for hydroxylation is 1. The van der Waals surface area contributed by atoms with E-state index in [0.29, 0.717) is 22.9 Å². The molecular weight excluding hydrogens is 380 g/mol. The lowest BCUT2D eigenvalue weighted by Crippen LogP contribution is -2.35. The van der Waals surface area contributed by atoms with Gasteiger partial charge in [0.15, 0.2) is 0 Å². The Morgan fingerprint density at radius 1 is 1.20 bits per heavy atom. The molecule has 0 atom stereocenters. The predicted octanol–water partition coefficient (Wildman–Crippen LogP) is 3.47. The highest BCUT2D eigenvalue weighted by Crippen LogP contribution is 2.32. The fraction of sp³-hybridized carbons (Fsp3) is 0.318. The van der Waals surface area contributed by atoms with Crippen molar-refractivity contribution >= 4 is 39.1 Å². The number of benzene rings is 2. The number of aromatic nitrogens is 4. The summed E-state index contributed by atoms with van der Waals surface area (Å²) in [5.74, 6) is 1.03. The first kappa shape index (κ1) is 18.6. The highest BCUT2D eigenvalue weighted by atomic mass is 16.3. The molecule has 3 heterocycles. The molecule has 0 bridgehead atoms. The monoisotopic (exact) mass is 404 g/mol. The fourth-order valence-electron chi connectivity index (χ4n) is 4.22. The molecule has 8 nitrogen and oxygen atoms in total. The molecule has 1 aliphatic rings. The molecule has 4 aromatic rings. The van der Waals surface area contributed by atoms with Gasteiger partial charge in [0.1, 0.15) is 5.75 Å². The van der Waals surface area contributed by atoms with Gasteiger partial charge in [0.25, 0.3) is 0 Å². The molecule has 2 aromatic heterocycles. The van der Waals surface area contributed by atoms with Crippen molar-refractivity contribution in [2.24, 2.45) is 5.92 Å². The van der Waals surface area contributed by atoms with Crippen LogP contribution in [0, 0.1) is 12.8 Å². The summed E-state index contributed by atoms with van der Waals surface area (Å²) in [6, 6.07) is 7.70. The lowest BCUT2D eigenvalue weighted by molar-refractivity contribution is 0.203. The number of aliphatic hydroxyl groups excluding tert-OH is 1. The summed E-state index contributed by atoms with van der Waals surface area (Å²) in [7, 11) is 0. The van der Waals surface area contributed by atoms with Crippen LogP contribution in [0.15, 0.2) is 36.7 Å². The highest BCUT2D eigenvalue weighted by Gasteiger charge is 2.21. The zero-order valence-corrected chi connectivity index (χ0v) is 16.8. The Morgan fingerprint density at radius 3 is 2.83 bits per heavy atom. The lowest BCUT2D eigenvalue weighted by Gasteiger charge is -2.34. The van der Waals surface area contributed by atoms with E-state index in [9.17, 15) is 10.2 Å². The molecule has 0 unspecified atom stereocenters. The van der Waals surface area contributed by atoms with E-state index in [4.69, 9.17) is 4.98 Å². The van der Waals surface area contributed by atoms with Gasteiger partial charge in [0, 0.05) is 48.7 Å². The Balaban J connectivity index is 1.46. The van der Waals surface area contributed by atoms with Gasteiger partial charge in [-0.25, -0.2) is 9.97 Å². The van der Waals surface area contributed by atoms with Crippen LogP contribution in [0.5, 0.6) is 5.75 Å². The summed E-state index contributed by atoms with van der Waals surface area (Å²) in [5.41, 5.74) is 4.62. The fourth-order valence-corrected chi connectivity index (χ4v) is 4.22. The van der Waals surface area contributed by atoms with Crippen LogP contribution in [-0.2, 0) is 0 Å². The second-order valence-electron chi connectivity index (χ2n) is 7.91. The van der Waals surface area contributed by atoms with E-state index >= 15 is 0 Å². The largest absolute Gasteiger partial charge is 0.507 e. The van der Waals surface area contributed by atoms with Gasteiger partial charge in [0.2, 0.25) is 5.95 Å². The summed E-state index contributed by atoms with van der Waals surface area (Å²) in [6.07, 6.45) is 5.41. The molecule has 2 aromatic carbocycles. The number of aromatic amines is 1. The first-order valence-corrected chi connectivity index (χ1v) is 10.2. The number of piperidine rings is 1. The Bertz CT molecular complexity index is 1210. The second-order valence-corrected chi connectivity index (χ2v) is 7.91. The molecule has 0 saturated carbocycles. The van der Waals surface area contributed by atoms with E-state index in [1.54, 1.807) is 12.3 Å². The number of hydrogen-bond acceptors (Lipinski definition) is 7. The molecule has 0 radical (unpaired) electrons. The van der Waals surface area contributed by atoms with Gasteiger partial charge in [-0.3, -0.25) is 5.10 Å². The molecule has 5 rings (SSSR count). The van der Waals surface area contributed by atoms with Gasteiger partial charge in [-0.15, -0.1) is 0 Å². The van der Waals surface area contributed by atoms with Gasteiger partial charge in [-0.05, 0) is 49.4 Å². The van der Waals surface area contributed by atoms with Crippen LogP contribution in [-0.4, -0.2) is 50.1 Å². The highest BCUT2D eigenvalue weighted by molar-refractivity contribution is 5.89. The minimum absolute atomic E-state index is 0.147. The third-order valence-electron chi connectivity index (χ3n) is 5.98. The van der Waals surface area contributed by atoms with Gasteiger partial charge >= 0.3 is 0 Å². The SMILES string of the molecule is Cc1c(N2CCC(CO)CC2)ccc2cnc(Nc3cc(O)c4cn[nH]c4c3)nc12. The molecule has 0 amide bonds. The molecule has 8 heteroatoms. The maximum Gasteiger partial charge on any atom is 0.227 e. The van der Waals surface area contributed by atoms with Crippen molar-refractivity contribution in [2.45, 2.75) is 19.8 Å². The van der Waals surface area contributed by atoms with E-state index < -0.39 is 0 Å². The summed E-state index contributed by atoms with van der Waals surface area (Å²) in [5, 5.41) is 31.3. The molecule has 1 aliphatic heterocycles. The van der Waals surface area contributed by atoms with Crippen molar-refractivity contribution < 1.29 is 10.2 Å². The van der Waals surface area contributed by atoms with Crippen molar-refractivity contribution in [1.82, 2.24) is 20.2 Å². The molecule has 0 spiro atoms. The first-order valence-electron chi connectivity index (χ1n) is 10.2. The van der Waals surface area contributed by atoms with Crippen LogP contribution >= 0.6 is 0 Å². The van der Waals surface area contributed by atoms with Crippen LogP contribution in [0.25, 0.3) is 21.8 Å². The molecule has 1 saturated heterocycles. The van der Waals surface area contributed by atoms with Crippen LogP contribution in [0.1, 0.15) is 18.4 Å². The standard InChI is InChI=1S/C22H24N6O2/c1-13-19(28-6-4-14(12-29)5-7-28)3-2-15-10-23-22(26-21(13)15)25-16-8-18-17(11-24-27-18)20(30)9-16/h2-3,8-11,14,29-30H,4-7,12H2,1H3,(H,24,27)(H,23,25,26). The average molecular weight is 404 g/mol. The maximum absolute atomic E-state index is 10.2. The number of fused-ring (bicyclic) bond motifs is 2. The number of rotatable bonds is 4. The number of nitrogens with one attached hydrogen (secondary N) is 2. The summed E-state index contributed by atoms with van der Waals surface area (Å²) in [4.78, 5) is 11.6. The molecular formula is C22H24N6O2. The van der Waals surface area contributed by atoms with E-state index in [2.05, 4.69) is 44.5 Å². The number of phenols is 1. The maximum atomic E-state index is 10.2. The van der Waals surface area contributed by atoms with Crippen LogP contribution in [0.2, 0.25) is 0 Å². The minimum atomic E-state index is 0.147. The van der Waals surface area contributed by atoms with E-state index in [1.807, 2.05) is 12.3 Å². The van der Waals surface area contributed by atoms with Crippen molar-refractivity contribution in [3.63, 3.8) is 0 Å². The van der Waals surface area contributed by atoms with Crippen LogP contribution in [0.4, 0.5) is 17.3 Å². The Morgan fingerprint density at radius 2 is 2.03 bits per heavy atom. The smallest absolute Gasteiger partial charge is 0.227 e. The molecule has 154 valence electrons. The molecule has 1 fully saturated rings. The lowest BCUT2D eigenvalue weighted by atomic mass is 9.96. The van der Waals surface area contributed by atoms with E-state index in [0.717, 1.165) is 47.9 Å². The van der Waals surface area contributed by atoms with E-state index in [1.165, 1.54) is 5.69 Å². The number of hydrogen-bond donors (Lipinski definition) is 4. The molecule has 4 N–H and O–H groups in total. The zero-order valence-electron chi connectivity index (χ0n) is 16.8. The average Bonchev–Trinajstić information content (AvgIpc) is 3.24. The van der Waals surface area contributed by atoms with Crippen molar-refractivity contribution in [3.8, 4) is 5.75 Å². The van der Waals surface area contributed by atoms with Gasteiger partial charge in [-0.2, -0.15) is 5.10 Å². The summed E-state index contributed by atoms with van der Waals surface area (Å²) in [6.45, 7) is 4.25. The molecule has 30 heavy (non-hydrogen) atoms. The summed E-state index contributed by atoms with van der Waals surface area (Å²) < 4.78 is 0. The number of aliphatic hydroxyl groups is 1. The Kier molecular flexibility index (Phi) is 4.63. The van der Waals surface area contributed by atoms with Crippen LogP contribution in [0.3, 0.4) is 0 Å². The zero-order chi connectivity index (χ0) is 20.7. The topological polar surface area (TPSA) is 110 Å². The third kappa shape index (κ3) is 3.29. The van der Waals surface area contributed by atoms with Crippen LogP contribution < -0.4 is 10.2 Å². The Hall–Kier alpha value is -3.39. The van der Waals surface area contributed by atoms with Gasteiger partial charge in [-0.1, -0.05) is 0 Å². The number of anilines is 3. The summed E-state index contributed by atoms with van der Waals surface area (Å²) >= 11 is 0. The Labute approximate surface area is 173 Å². The third-order valence-corrected chi connectivity index (χ3v) is 5.98. The van der Waals surface area contributed by atoms with E-state index in [-0.39, 0.29) is 12.4 Å². The number of nitrogens with zero attached hydrogens (tertiary/aromatic N) is 4. The quantitative estimate of drug-likeness (QED) is 0.412.